The standard InChI is InChI=1S/C7H14N4S/c8-6(11-10)7(9)12-5-3-1-2-4-5/h5,9H,1-4,10H2,(H2,8,11). The van der Waals surface area contributed by atoms with Crippen LogP contribution in [0.25, 0.3) is 0 Å². The van der Waals surface area contributed by atoms with Crippen molar-refractivity contribution in [3.63, 3.8) is 0 Å². The SMILES string of the molecule is N=C(SC1CCCC1)C(N)=NN. The Bertz CT molecular complexity index is 196. The van der Waals surface area contributed by atoms with Crippen LogP contribution < -0.4 is 11.6 Å². The first-order valence-electron chi connectivity index (χ1n) is 4.03. The number of nitrogens with two attached hydrogens (primary N) is 2. The van der Waals surface area contributed by atoms with Crippen LogP contribution in [0.2, 0.25) is 0 Å². The lowest BCUT2D eigenvalue weighted by molar-refractivity contribution is 0.886. The molecule has 5 heteroatoms. The van der Waals surface area contributed by atoms with Crippen molar-refractivity contribution < 1.29 is 0 Å². The third-order valence-corrected chi connectivity index (χ3v) is 3.21. The van der Waals surface area contributed by atoms with Crippen LogP contribution in [-0.2, 0) is 0 Å². The van der Waals surface area contributed by atoms with Gasteiger partial charge in [0.1, 0.15) is 5.04 Å². The van der Waals surface area contributed by atoms with Gasteiger partial charge in [0.25, 0.3) is 0 Å². The summed E-state index contributed by atoms with van der Waals surface area (Å²) in [7, 11) is 0. The number of rotatable bonds is 1. The Morgan fingerprint density at radius 3 is 2.50 bits per heavy atom. The van der Waals surface area contributed by atoms with Crippen molar-refractivity contribution in [2.75, 3.05) is 0 Å². The van der Waals surface area contributed by atoms with Crippen molar-refractivity contribution in [1.82, 2.24) is 0 Å². The van der Waals surface area contributed by atoms with Crippen LogP contribution in [-0.4, -0.2) is 16.1 Å². The zero-order valence-corrected chi connectivity index (χ0v) is 7.73. The summed E-state index contributed by atoms with van der Waals surface area (Å²) in [5.74, 6) is 5.10. The average molecular weight is 186 g/mol. The van der Waals surface area contributed by atoms with E-state index in [1.165, 1.54) is 37.4 Å². The number of thioether (sulfide) groups is 1. The molecular weight excluding hydrogens is 172 g/mol. The molecule has 5 N–H and O–H groups in total. The molecular formula is C7H14N4S. The first-order valence-corrected chi connectivity index (χ1v) is 4.91. The summed E-state index contributed by atoms with van der Waals surface area (Å²) in [4.78, 5) is 0. The fraction of sp³-hybridized carbons (Fsp3) is 0.714. The minimum atomic E-state index is 0.145. The van der Waals surface area contributed by atoms with Gasteiger partial charge in [-0.25, -0.2) is 0 Å². The quantitative estimate of drug-likeness (QED) is 0.246. The van der Waals surface area contributed by atoms with Crippen LogP contribution in [0.5, 0.6) is 0 Å². The minimum absolute atomic E-state index is 0.145. The van der Waals surface area contributed by atoms with Gasteiger partial charge in [-0.15, -0.1) is 0 Å². The van der Waals surface area contributed by atoms with Gasteiger partial charge in [-0.05, 0) is 12.8 Å². The molecule has 0 atom stereocenters. The first kappa shape index (κ1) is 9.38. The van der Waals surface area contributed by atoms with E-state index in [-0.39, 0.29) is 5.84 Å². The van der Waals surface area contributed by atoms with Crippen LogP contribution in [0.15, 0.2) is 5.10 Å². The summed E-state index contributed by atoms with van der Waals surface area (Å²) in [6.07, 6.45) is 4.91. The second kappa shape index (κ2) is 4.35. The summed E-state index contributed by atoms with van der Waals surface area (Å²) < 4.78 is 0. The van der Waals surface area contributed by atoms with E-state index in [0.717, 1.165) is 0 Å². The Balaban J connectivity index is 2.35. The van der Waals surface area contributed by atoms with E-state index in [9.17, 15) is 0 Å². The smallest absolute Gasteiger partial charge is 0.174 e. The molecule has 0 amide bonds. The van der Waals surface area contributed by atoms with Gasteiger partial charge in [0, 0.05) is 5.25 Å². The third-order valence-electron chi connectivity index (χ3n) is 1.96. The van der Waals surface area contributed by atoms with E-state index in [1.807, 2.05) is 0 Å². The molecule has 0 aliphatic heterocycles. The van der Waals surface area contributed by atoms with E-state index in [4.69, 9.17) is 17.0 Å². The lowest BCUT2D eigenvalue weighted by atomic mass is 10.4. The fourth-order valence-electron chi connectivity index (χ4n) is 1.29. The normalized spacial score (nSPS) is 19.8. The second-order valence-corrected chi connectivity index (χ2v) is 4.18. The number of hydrogen-bond donors (Lipinski definition) is 3. The highest BCUT2D eigenvalue weighted by Gasteiger charge is 2.18. The van der Waals surface area contributed by atoms with Gasteiger partial charge in [-0.3, -0.25) is 5.41 Å². The number of nitrogens with one attached hydrogen (secondary N) is 1. The van der Waals surface area contributed by atoms with Gasteiger partial charge in [0.2, 0.25) is 0 Å². The van der Waals surface area contributed by atoms with Crippen LogP contribution in [0, 0.1) is 5.41 Å². The van der Waals surface area contributed by atoms with Crippen molar-refractivity contribution >= 4 is 22.6 Å². The Hall–Kier alpha value is -0.710. The predicted octanol–water partition coefficient (Wildman–Crippen LogP) is 0.870. The summed E-state index contributed by atoms with van der Waals surface area (Å²) in [6.45, 7) is 0. The first-order chi connectivity index (χ1) is 5.74. The highest BCUT2D eigenvalue weighted by atomic mass is 32.2. The Labute approximate surface area is 76.3 Å². The predicted molar refractivity (Wildman–Crippen MR) is 53.4 cm³/mol. The molecule has 0 heterocycles. The van der Waals surface area contributed by atoms with Gasteiger partial charge in [0.15, 0.2) is 5.84 Å². The summed E-state index contributed by atoms with van der Waals surface area (Å²) in [5, 5.41) is 11.6. The van der Waals surface area contributed by atoms with Crippen LogP contribution in [0.3, 0.4) is 0 Å². The zero-order chi connectivity index (χ0) is 8.97. The van der Waals surface area contributed by atoms with E-state index in [2.05, 4.69) is 5.10 Å². The fourth-order valence-corrected chi connectivity index (χ4v) is 2.37. The van der Waals surface area contributed by atoms with E-state index in [1.54, 1.807) is 0 Å². The molecule has 4 nitrogen and oxygen atoms in total. The second-order valence-electron chi connectivity index (χ2n) is 2.87. The van der Waals surface area contributed by atoms with E-state index >= 15 is 0 Å². The van der Waals surface area contributed by atoms with Gasteiger partial charge in [-0.2, -0.15) is 5.10 Å². The number of hydrogen-bond acceptors (Lipinski definition) is 4. The van der Waals surface area contributed by atoms with Crippen molar-refractivity contribution in [2.24, 2.45) is 16.7 Å². The maximum Gasteiger partial charge on any atom is 0.174 e. The molecule has 0 saturated heterocycles. The highest BCUT2D eigenvalue weighted by Crippen LogP contribution is 2.29. The molecule has 0 radical (unpaired) electrons. The van der Waals surface area contributed by atoms with Crippen LogP contribution in [0.4, 0.5) is 0 Å². The topological polar surface area (TPSA) is 88.2 Å². The van der Waals surface area contributed by atoms with Gasteiger partial charge in [0.05, 0.1) is 0 Å². The average Bonchev–Trinajstić information content (AvgIpc) is 2.55. The van der Waals surface area contributed by atoms with Crippen molar-refractivity contribution in [2.45, 2.75) is 30.9 Å². The van der Waals surface area contributed by atoms with Crippen LogP contribution in [0.1, 0.15) is 25.7 Å². The van der Waals surface area contributed by atoms with Crippen molar-refractivity contribution in [3.8, 4) is 0 Å². The highest BCUT2D eigenvalue weighted by molar-refractivity contribution is 8.16. The molecule has 0 aromatic heterocycles. The van der Waals surface area contributed by atoms with Crippen molar-refractivity contribution in [1.29, 1.82) is 5.41 Å². The summed E-state index contributed by atoms with van der Waals surface area (Å²) >= 11 is 1.49. The Kier molecular flexibility index (Phi) is 3.40. The number of nitrogens with zero attached hydrogens (tertiary/aromatic N) is 1. The van der Waals surface area contributed by atoms with Crippen molar-refractivity contribution in [3.05, 3.63) is 0 Å². The maximum absolute atomic E-state index is 7.49. The Morgan fingerprint density at radius 1 is 1.42 bits per heavy atom. The molecule has 1 rings (SSSR count). The lowest BCUT2D eigenvalue weighted by Crippen LogP contribution is -2.23. The molecule has 0 spiro atoms. The number of hydrazone groups is 1. The Morgan fingerprint density at radius 2 is 2.00 bits per heavy atom. The van der Waals surface area contributed by atoms with Gasteiger partial charge < -0.3 is 11.6 Å². The molecule has 1 aliphatic rings. The molecule has 0 unspecified atom stereocenters. The molecule has 68 valence electrons. The molecule has 0 aromatic carbocycles. The van der Waals surface area contributed by atoms with Gasteiger partial charge >= 0.3 is 0 Å². The molecule has 1 aliphatic carbocycles. The molecule has 0 bridgehead atoms. The summed E-state index contributed by atoms with van der Waals surface area (Å²) in [6, 6.07) is 0. The van der Waals surface area contributed by atoms with Crippen LogP contribution >= 0.6 is 11.8 Å². The molecule has 1 fully saturated rings. The lowest BCUT2D eigenvalue weighted by Gasteiger charge is -2.07. The van der Waals surface area contributed by atoms with E-state index in [0.29, 0.717) is 10.3 Å². The van der Waals surface area contributed by atoms with Gasteiger partial charge in [-0.1, -0.05) is 24.6 Å². The zero-order valence-electron chi connectivity index (χ0n) is 6.92. The minimum Gasteiger partial charge on any atom is -0.380 e. The molecule has 1 saturated carbocycles. The maximum atomic E-state index is 7.49. The largest absolute Gasteiger partial charge is 0.380 e. The third kappa shape index (κ3) is 2.41. The molecule has 12 heavy (non-hydrogen) atoms. The summed E-state index contributed by atoms with van der Waals surface area (Å²) in [5.41, 5.74) is 5.37. The number of amidine groups is 1. The van der Waals surface area contributed by atoms with E-state index < -0.39 is 0 Å². The molecule has 0 aromatic rings. The monoisotopic (exact) mass is 186 g/mol.